The van der Waals surface area contributed by atoms with Crippen molar-refractivity contribution in [3.8, 4) is 0 Å². The van der Waals surface area contributed by atoms with Gasteiger partial charge in [-0.1, -0.05) is 42.5 Å². The molecule has 5 heteroatoms. The number of carboxylic acid groups (broad SMARTS) is 1. The molecule has 1 N–H and O–H groups in total. The lowest BCUT2D eigenvalue weighted by Crippen LogP contribution is -2.27. The van der Waals surface area contributed by atoms with Crippen LogP contribution >= 0.6 is 0 Å². The molecule has 3 aromatic rings. The van der Waals surface area contributed by atoms with Gasteiger partial charge in [-0.3, -0.25) is 0 Å². The van der Waals surface area contributed by atoms with Gasteiger partial charge in [-0.25, -0.2) is 9.97 Å². The van der Waals surface area contributed by atoms with Gasteiger partial charge in [0.25, 0.3) is 0 Å². The molecule has 1 atom stereocenters. The minimum absolute atomic E-state index is 0.137. The summed E-state index contributed by atoms with van der Waals surface area (Å²) in [6, 6.07) is 16.6. The molecule has 0 radical (unpaired) electrons. The fourth-order valence-electron chi connectivity index (χ4n) is 2.39. The maximum atomic E-state index is 11.1. The number of rotatable bonds is 5. The third kappa shape index (κ3) is 3.03. The summed E-state index contributed by atoms with van der Waals surface area (Å²) < 4.78 is 0. The number of fused-ring (bicyclic) bond motifs is 1. The summed E-state index contributed by atoms with van der Waals surface area (Å²) in [6.45, 7) is 0. The summed E-state index contributed by atoms with van der Waals surface area (Å²) in [5, 5.41) is 15.1. The predicted molar refractivity (Wildman–Crippen MR) is 82.0 cm³/mol. The zero-order chi connectivity index (χ0) is 15.4. The summed E-state index contributed by atoms with van der Waals surface area (Å²) in [6.07, 6.45) is 1.33. The minimum atomic E-state index is -1.11. The molecule has 1 aromatic heterocycles. The highest BCUT2D eigenvalue weighted by Crippen LogP contribution is 2.25. The Bertz CT molecular complexity index is 785. The van der Waals surface area contributed by atoms with Crippen molar-refractivity contribution in [3.05, 3.63) is 66.5 Å². The van der Waals surface area contributed by atoms with Crippen molar-refractivity contribution >= 4 is 22.7 Å². The first-order valence-corrected chi connectivity index (χ1v) is 6.95. The maximum absolute atomic E-state index is 11.1. The Hall–Kier alpha value is -2.95. The summed E-state index contributed by atoms with van der Waals surface area (Å²) >= 11 is 0. The molecule has 5 nitrogen and oxygen atoms in total. The zero-order valence-electron chi connectivity index (χ0n) is 11.8. The standard InChI is InChI=1S/C17H15N3O2/c21-16(22)10-15(12-6-2-1-3-7-12)20-17-13-8-4-5-9-14(13)18-11-19-17/h1-9,11,15H,10H2,(H,21,22)(H,18,19,20)/p-1/t15-/m1/s1. The molecule has 0 saturated carbocycles. The van der Waals surface area contributed by atoms with Gasteiger partial charge in [-0.2, -0.15) is 0 Å². The molecular weight excluding hydrogens is 278 g/mol. The first kappa shape index (κ1) is 14.0. The van der Waals surface area contributed by atoms with E-state index in [2.05, 4.69) is 15.3 Å². The lowest BCUT2D eigenvalue weighted by Gasteiger charge is -2.21. The second-order valence-corrected chi connectivity index (χ2v) is 4.92. The van der Waals surface area contributed by atoms with Crippen molar-refractivity contribution in [2.45, 2.75) is 12.5 Å². The van der Waals surface area contributed by atoms with Gasteiger partial charge >= 0.3 is 0 Å². The van der Waals surface area contributed by atoms with Crippen molar-refractivity contribution in [1.82, 2.24) is 9.97 Å². The van der Waals surface area contributed by atoms with Crippen LogP contribution in [0.4, 0.5) is 5.82 Å². The number of aromatic nitrogens is 2. The SMILES string of the molecule is O=C([O-])C[C@@H](Nc1ncnc2ccccc12)c1ccccc1. The van der Waals surface area contributed by atoms with Crippen LogP contribution < -0.4 is 10.4 Å². The first-order valence-electron chi connectivity index (χ1n) is 6.95. The number of anilines is 1. The maximum Gasteiger partial charge on any atom is 0.137 e. The van der Waals surface area contributed by atoms with Crippen molar-refractivity contribution in [2.75, 3.05) is 5.32 Å². The molecule has 0 unspecified atom stereocenters. The third-order valence-electron chi connectivity index (χ3n) is 3.43. The number of hydrogen-bond donors (Lipinski definition) is 1. The lowest BCUT2D eigenvalue weighted by molar-refractivity contribution is -0.306. The van der Waals surface area contributed by atoms with Crippen molar-refractivity contribution in [2.24, 2.45) is 0 Å². The lowest BCUT2D eigenvalue weighted by atomic mass is 10.0. The van der Waals surface area contributed by atoms with E-state index < -0.39 is 12.0 Å². The molecule has 0 aliphatic carbocycles. The van der Waals surface area contributed by atoms with E-state index in [-0.39, 0.29) is 6.42 Å². The fourth-order valence-corrected chi connectivity index (χ4v) is 2.39. The summed E-state index contributed by atoms with van der Waals surface area (Å²) in [5.41, 5.74) is 1.68. The average molecular weight is 292 g/mol. The van der Waals surface area contributed by atoms with Crippen LogP contribution in [0.15, 0.2) is 60.9 Å². The van der Waals surface area contributed by atoms with E-state index in [1.54, 1.807) is 0 Å². The zero-order valence-corrected chi connectivity index (χ0v) is 11.8. The Morgan fingerprint density at radius 1 is 1.05 bits per heavy atom. The number of para-hydroxylation sites is 1. The van der Waals surface area contributed by atoms with Gasteiger partial charge in [0.1, 0.15) is 12.1 Å². The van der Waals surface area contributed by atoms with Crippen molar-refractivity contribution in [1.29, 1.82) is 0 Å². The molecule has 3 rings (SSSR count). The quantitative estimate of drug-likeness (QED) is 0.777. The Kier molecular flexibility index (Phi) is 3.96. The van der Waals surface area contributed by atoms with Gasteiger partial charge < -0.3 is 15.2 Å². The van der Waals surface area contributed by atoms with Gasteiger partial charge in [0.15, 0.2) is 0 Å². The van der Waals surface area contributed by atoms with Crippen LogP contribution in [0.5, 0.6) is 0 Å². The molecule has 22 heavy (non-hydrogen) atoms. The molecular formula is C17H14N3O2-. The second kappa shape index (κ2) is 6.22. The van der Waals surface area contributed by atoms with Crippen LogP contribution in [0.25, 0.3) is 10.9 Å². The highest BCUT2D eigenvalue weighted by molar-refractivity contribution is 5.88. The predicted octanol–water partition coefficient (Wildman–Crippen LogP) is 1.92. The smallest absolute Gasteiger partial charge is 0.137 e. The molecule has 0 aliphatic rings. The van der Waals surface area contributed by atoms with Gasteiger partial charge in [0, 0.05) is 17.8 Å². The van der Waals surface area contributed by atoms with E-state index in [9.17, 15) is 9.90 Å². The number of benzene rings is 2. The second-order valence-electron chi connectivity index (χ2n) is 4.92. The van der Waals surface area contributed by atoms with Crippen molar-refractivity contribution in [3.63, 3.8) is 0 Å². The van der Waals surface area contributed by atoms with Gasteiger partial charge in [-0.05, 0) is 17.7 Å². The van der Waals surface area contributed by atoms with Crippen LogP contribution in [0.3, 0.4) is 0 Å². The molecule has 0 aliphatic heterocycles. The highest BCUT2D eigenvalue weighted by Gasteiger charge is 2.14. The number of aliphatic carboxylic acids is 1. The van der Waals surface area contributed by atoms with E-state index in [0.29, 0.717) is 5.82 Å². The van der Waals surface area contributed by atoms with Crippen LogP contribution in [-0.2, 0) is 4.79 Å². The number of nitrogens with zero attached hydrogens (tertiary/aromatic N) is 2. The molecule has 0 amide bonds. The number of carbonyl (C=O) groups is 1. The normalized spacial score (nSPS) is 12.0. The first-order chi connectivity index (χ1) is 10.7. The van der Waals surface area contributed by atoms with E-state index in [1.807, 2.05) is 54.6 Å². The minimum Gasteiger partial charge on any atom is -0.550 e. The molecule has 0 bridgehead atoms. The summed E-state index contributed by atoms with van der Waals surface area (Å²) in [7, 11) is 0. The van der Waals surface area contributed by atoms with E-state index in [0.717, 1.165) is 16.5 Å². The third-order valence-corrected chi connectivity index (χ3v) is 3.43. The van der Waals surface area contributed by atoms with Gasteiger partial charge in [0.05, 0.1) is 11.6 Å². The van der Waals surface area contributed by atoms with Gasteiger partial charge in [-0.15, -0.1) is 0 Å². The fraction of sp³-hybridized carbons (Fsp3) is 0.118. The number of nitrogens with one attached hydrogen (secondary N) is 1. The van der Waals surface area contributed by atoms with Crippen LogP contribution in [-0.4, -0.2) is 15.9 Å². The number of carbonyl (C=O) groups excluding carboxylic acids is 1. The van der Waals surface area contributed by atoms with Crippen LogP contribution in [0.1, 0.15) is 18.0 Å². The molecule has 0 fully saturated rings. The topological polar surface area (TPSA) is 77.9 Å². The Balaban J connectivity index is 1.97. The Morgan fingerprint density at radius 3 is 2.55 bits per heavy atom. The van der Waals surface area contributed by atoms with Gasteiger partial charge in [0.2, 0.25) is 0 Å². The van der Waals surface area contributed by atoms with E-state index >= 15 is 0 Å². The molecule has 0 saturated heterocycles. The Labute approximate surface area is 127 Å². The highest BCUT2D eigenvalue weighted by atomic mass is 16.4. The Morgan fingerprint density at radius 2 is 1.77 bits per heavy atom. The van der Waals surface area contributed by atoms with E-state index in [4.69, 9.17) is 0 Å². The number of hydrogen-bond acceptors (Lipinski definition) is 5. The number of carboxylic acids is 1. The van der Waals surface area contributed by atoms with Crippen LogP contribution in [0.2, 0.25) is 0 Å². The summed E-state index contributed by atoms with van der Waals surface area (Å²) in [5.74, 6) is -0.500. The molecule has 110 valence electrons. The largest absolute Gasteiger partial charge is 0.550 e. The van der Waals surface area contributed by atoms with Crippen LogP contribution in [0, 0.1) is 0 Å². The average Bonchev–Trinajstić information content (AvgIpc) is 2.55. The van der Waals surface area contributed by atoms with E-state index in [1.165, 1.54) is 6.33 Å². The monoisotopic (exact) mass is 292 g/mol. The molecule has 2 aromatic carbocycles. The molecule has 1 heterocycles. The van der Waals surface area contributed by atoms with Crippen molar-refractivity contribution < 1.29 is 9.90 Å². The molecule has 0 spiro atoms. The summed E-state index contributed by atoms with van der Waals surface area (Å²) in [4.78, 5) is 19.5.